The molecule has 0 saturated heterocycles. The lowest BCUT2D eigenvalue weighted by atomic mass is 10.0. The van der Waals surface area contributed by atoms with E-state index in [1.807, 2.05) is 0 Å². The summed E-state index contributed by atoms with van der Waals surface area (Å²) in [7, 11) is 0. The zero-order chi connectivity index (χ0) is 17.2. The van der Waals surface area contributed by atoms with E-state index in [1.54, 1.807) is 18.2 Å². The summed E-state index contributed by atoms with van der Waals surface area (Å²) < 4.78 is 18.6. The maximum Gasteiger partial charge on any atom is 0.272 e. The van der Waals surface area contributed by atoms with Gasteiger partial charge in [0.05, 0.1) is 5.69 Å². The molecule has 3 rings (SSSR count). The zero-order valence-corrected chi connectivity index (χ0v) is 13.9. The van der Waals surface area contributed by atoms with Gasteiger partial charge in [-0.2, -0.15) is 5.10 Å². The average molecular weight is 331 g/mol. The number of halogens is 1. The number of aromatic amines is 1. The van der Waals surface area contributed by atoms with E-state index >= 15 is 0 Å². The minimum atomic E-state index is -0.350. The molecule has 1 aromatic carbocycles. The molecule has 0 unspecified atom stereocenters. The van der Waals surface area contributed by atoms with Crippen LogP contribution in [0.5, 0.6) is 5.75 Å². The molecule has 0 bridgehead atoms. The van der Waals surface area contributed by atoms with Gasteiger partial charge < -0.3 is 10.1 Å². The molecule has 1 saturated carbocycles. The molecular weight excluding hydrogens is 309 g/mol. The van der Waals surface area contributed by atoms with Gasteiger partial charge in [0, 0.05) is 11.6 Å². The Labute approximate surface area is 140 Å². The number of ether oxygens (including phenoxy) is 1. The number of carbonyl (C=O) groups is 1. The normalized spacial score (nSPS) is 15.3. The number of H-pyrrole nitrogens is 1. The first-order valence-electron chi connectivity index (χ1n) is 8.21. The van der Waals surface area contributed by atoms with Crippen molar-refractivity contribution < 1.29 is 13.9 Å². The van der Waals surface area contributed by atoms with Crippen LogP contribution in [-0.4, -0.2) is 21.6 Å². The third-order valence-electron chi connectivity index (χ3n) is 4.09. The monoisotopic (exact) mass is 331 g/mol. The Kier molecular flexibility index (Phi) is 4.55. The molecule has 0 spiro atoms. The Morgan fingerprint density at radius 1 is 1.42 bits per heavy atom. The van der Waals surface area contributed by atoms with Gasteiger partial charge in [0.25, 0.3) is 5.91 Å². The first-order chi connectivity index (χ1) is 11.5. The second-order valence-electron chi connectivity index (χ2n) is 6.86. The van der Waals surface area contributed by atoms with Crippen LogP contribution >= 0.6 is 0 Å². The number of amides is 1. The van der Waals surface area contributed by atoms with Gasteiger partial charge in [0.1, 0.15) is 23.9 Å². The maximum atomic E-state index is 13.1. The van der Waals surface area contributed by atoms with Gasteiger partial charge in [0.2, 0.25) is 0 Å². The van der Waals surface area contributed by atoms with Crippen molar-refractivity contribution in [3.05, 3.63) is 47.5 Å². The molecule has 0 radical (unpaired) electrons. The summed E-state index contributed by atoms with van der Waals surface area (Å²) in [6.45, 7) is 4.51. The van der Waals surface area contributed by atoms with E-state index < -0.39 is 0 Å². The highest BCUT2D eigenvalue weighted by atomic mass is 19.1. The highest BCUT2D eigenvalue weighted by Crippen LogP contribution is 2.41. The lowest BCUT2D eigenvalue weighted by molar-refractivity contribution is 0.0921. The molecule has 1 fully saturated rings. The Morgan fingerprint density at radius 3 is 2.88 bits per heavy atom. The Hall–Kier alpha value is -2.37. The molecule has 0 atom stereocenters. The first-order valence-corrected chi connectivity index (χ1v) is 8.21. The van der Waals surface area contributed by atoms with E-state index in [0.29, 0.717) is 23.1 Å². The summed E-state index contributed by atoms with van der Waals surface area (Å²) in [6.07, 6.45) is 3.03. The summed E-state index contributed by atoms with van der Waals surface area (Å²) >= 11 is 0. The van der Waals surface area contributed by atoms with Crippen LogP contribution < -0.4 is 10.1 Å². The van der Waals surface area contributed by atoms with Crippen LogP contribution in [0, 0.1) is 11.7 Å². The Bertz CT molecular complexity index is 723. The second kappa shape index (κ2) is 6.63. The second-order valence-corrected chi connectivity index (χ2v) is 6.86. The Balaban J connectivity index is 1.56. The van der Waals surface area contributed by atoms with Crippen molar-refractivity contribution in [2.45, 2.75) is 45.3 Å². The van der Waals surface area contributed by atoms with E-state index in [1.165, 1.54) is 12.1 Å². The fourth-order valence-corrected chi connectivity index (χ4v) is 2.89. The summed E-state index contributed by atoms with van der Waals surface area (Å²) in [5.41, 5.74) is 0.962. The zero-order valence-electron chi connectivity index (χ0n) is 13.9. The number of hydrogen-bond acceptors (Lipinski definition) is 3. The molecule has 1 aromatic heterocycles. The minimum Gasteiger partial charge on any atom is -0.487 e. The van der Waals surface area contributed by atoms with E-state index in [9.17, 15) is 9.18 Å². The quantitative estimate of drug-likeness (QED) is 0.817. The molecule has 1 aliphatic rings. The van der Waals surface area contributed by atoms with Crippen LogP contribution in [0.3, 0.4) is 0 Å². The number of hydrogen-bond donors (Lipinski definition) is 2. The van der Waals surface area contributed by atoms with Crippen molar-refractivity contribution in [3.63, 3.8) is 0 Å². The van der Waals surface area contributed by atoms with Crippen molar-refractivity contribution in [1.29, 1.82) is 0 Å². The van der Waals surface area contributed by atoms with Gasteiger partial charge in [0.15, 0.2) is 0 Å². The molecule has 1 heterocycles. The van der Waals surface area contributed by atoms with Crippen molar-refractivity contribution >= 4 is 5.91 Å². The number of nitrogens with one attached hydrogen (secondary N) is 2. The SMILES string of the molecule is CC(C)CC1(NC(=O)c2cc(COc3cccc(F)c3)[nH]n2)CC1. The van der Waals surface area contributed by atoms with E-state index in [0.717, 1.165) is 19.3 Å². The summed E-state index contributed by atoms with van der Waals surface area (Å²) in [5, 5.41) is 9.93. The number of aromatic nitrogens is 2. The average Bonchev–Trinajstić information content (AvgIpc) is 3.09. The molecule has 6 heteroatoms. The molecule has 128 valence electrons. The smallest absolute Gasteiger partial charge is 0.272 e. The van der Waals surface area contributed by atoms with Gasteiger partial charge in [-0.3, -0.25) is 9.89 Å². The highest BCUT2D eigenvalue weighted by molar-refractivity contribution is 5.93. The molecule has 2 aromatic rings. The largest absolute Gasteiger partial charge is 0.487 e. The number of rotatable bonds is 7. The summed E-state index contributed by atoms with van der Waals surface area (Å²) in [6, 6.07) is 7.60. The number of benzene rings is 1. The standard InChI is InChI=1S/C18H22FN3O2/c1-12(2)10-18(6-7-18)20-17(23)16-9-14(21-22-16)11-24-15-5-3-4-13(19)8-15/h3-5,8-9,12H,6-7,10-11H2,1-2H3,(H,20,23)(H,21,22). The van der Waals surface area contributed by atoms with Crippen LogP contribution in [0.4, 0.5) is 4.39 Å². The number of nitrogens with zero attached hydrogens (tertiary/aromatic N) is 1. The topological polar surface area (TPSA) is 67.0 Å². The molecular formula is C18H22FN3O2. The van der Waals surface area contributed by atoms with Crippen molar-refractivity contribution in [2.24, 2.45) is 5.92 Å². The van der Waals surface area contributed by atoms with Gasteiger partial charge >= 0.3 is 0 Å². The van der Waals surface area contributed by atoms with Crippen LogP contribution in [-0.2, 0) is 6.61 Å². The third kappa shape index (κ3) is 4.13. The van der Waals surface area contributed by atoms with E-state index in [-0.39, 0.29) is 23.9 Å². The number of carbonyl (C=O) groups excluding carboxylic acids is 1. The summed E-state index contributed by atoms with van der Waals surface area (Å²) in [4.78, 5) is 12.3. The van der Waals surface area contributed by atoms with Crippen molar-refractivity contribution in [3.8, 4) is 5.75 Å². The molecule has 5 nitrogen and oxygen atoms in total. The molecule has 0 aliphatic heterocycles. The van der Waals surface area contributed by atoms with E-state index in [4.69, 9.17) is 4.74 Å². The van der Waals surface area contributed by atoms with Crippen LogP contribution in [0.1, 0.15) is 49.3 Å². The van der Waals surface area contributed by atoms with E-state index in [2.05, 4.69) is 29.4 Å². The fraction of sp³-hybridized carbons (Fsp3) is 0.444. The fourth-order valence-electron chi connectivity index (χ4n) is 2.89. The third-order valence-corrected chi connectivity index (χ3v) is 4.09. The first kappa shape index (κ1) is 16.5. The lowest BCUT2D eigenvalue weighted by Gasteiger charge is -2.18. The summed E-state index contributed by atoms with van der Waals surface area (Å²) in [5.74, 6) is 0.463. The predicted octanol–water partition coefficient (Wildman–Crippen LogP) is 3.44. The van der Waals surface area contributed by atoms with Gasteiger partial charge in [-0.25, -0.2) is 4.39 Å². The van der Waals surface area contributed by atoms with Gasteiger partial charge in [-0.15, -0.1) is 0 Å². The minimum absolute atomic E-state index is 0.0531. The highest BCUT2D eigenvalue weighted by Gasteiger charge is 2.44. The molecule has 2 N–H and O–H groups in total. The maximum absolute atomic E-state index is 13.1. The molecule has 1 amide bonds. The lowest BCUT2D eigenvalue weighted by Crippen LogP contribution is -2.38. The molecule has 1 aliphatic carbocycles. The van der Waals surface area contributed by atoms with Crippen LogP contribution in [0.15, 0.2) is 30.3 Å². The van der Waals surface area contributed by atoms with Gasteiger partial charge in [-0.1, -0.05) is 19.9 Å². The van der Waals surface area contributed by atoms with Crippen molar-refractivity contribution in [2.75, 3.05) is 0 Å². The van der Waals surface area contributed by atoms with Crippen LogP contribution in [0.2, 0.25) is 0 Å². The van der Waals surface area contributed by atoms with Crippen LogP contribution in [0.25, 0.3) is 0 Å². The van der Waals surface area contributed by atoms with Gasteiger partial charge in [-0.05, 0) is 43.4 Å². The molecule has 24 heavy (non-hydrogen) atoms. The van der Waals surface area contributed by atoms with Crippen molar-refractivity contribution in [1.82, 2.24) is 15.5 Å². The Morgan fingerprint density at radius 2 is 2.21 bits per heavy atom. The predicted molar refractivity (Wildman–Crippen MR) is 88.2 cm³/mol.